The van der Waals surface area contributed by atoms with Crippen LogP contribution in [-0.4, -0.2) is 29.7 Å². The number of pyridine rings is 1. The molecule has 1 N–H and O–H groups in total. The normalized spacial score (nSPS) is 11.9. The van der Waals surface area contributed by atoms with Crippen LogP contribution in [0.5, 0.6) is 0 Å². The van der Waals surface area contributed by atoms with Crippen LogP contribution in [-0.2, 0) is 11.2 Å². The Bertz CT molecular complexity index is 581. The lowest BCUT2D eigenvalue weighted by molar-refractivity contribution is -0.140. The molecule has 0 bridgehead atoms. The molecule has 1 atom stereocenters. The number of hydrogen-bond acceptors (Lipinski definition) is 3. The summed E-state index contributed by atoms with van der Waals surface area (Å²) in [5.74, 6) is -1.15. The minimum atomic E-state index is -0.767. The van der Waals surface area contributed by atoms with Crippen molar-refractivity contribution in [2.75, 3.05) is 18.5 Å². The lowest BCUT2D eigenvalue weighted by atomic mass is 10.1. The quantitative estimate of drug-likeness (QED) is 0.886. The fourth-order valence-electron chi connectivity index (χ4n) is 2.20. The minimum absolute atomic E-state index is 0.383. The Kier molecular flexibility index (Phi) is 4.93. The van der Waals surface area contributed by atoms with Crippen LogP contribution in [0.3, 0.4) is 0 Å². The number of aliphatic carboxylic acids is 1. The number of aromatic nitrogens is 1. The van der Waals surface area contributed by atoms with Gasteiger partial charge in [-0.2, -0.15) is 0 Å². The Morgan fingerprint density at radius 3 is 2.29 bits per heavy atom. The predicted octanol–water partition coefficient (Wildman–Crippen LogP) is 2.83. The molecule has 1 aromatic carbocycles. The summed E-state index contributed by atoms with van der Waals surface area (Å²) < 4.78 is 0. The lowest BCUT2D eigenvalue weighted by Gasteiger charge is -2.21. The molecule has 2 aromatic rings. The summed E-state index contributed by atoms with van der Waals surface area (Å²) in [7, 11) is 1.91. The van der Waals surface area contributed by atoms with Crippen LogP contribution in [0.15, 0.2) is 48.8 Å². The first-order valence-corrected chi connectivity index (χ1v) is 6.98. The molecule has 0 fully saturated rings. The van der Waals surface area contributed by atoms with E-state index < -0.39 is 5.97 Å². The van der Waals surface area contributed by atoms with Crippen LogP contribution in [0.4, 0.5) is 5.69 Å². The summed E-state index contributed by atoms with van der Waals surface area (Å²) in [4.78, 5) is 16.9. The van der Waals surface area contributed by atoms with E-state index in [4.69, 9.17) is 5.11 Å². The molecular weight excluding hydrogens is 264 g/mol. The van der Waals surface area contributed by atoms with Crippen molar-refractivity contribution in [2.45, 2.75) is 13.3 Å². The van der Waals surface area contributed by atoms with Gasteiger partial charge in [0.15, 0.2) is 0 Å². The van der Waals surface area contributed by atoms with E-state index in [1.54, 1.807) is 19.3 Å². The molecule has 4 nitrogen and oxygen atoms in total. The van der Waals surface area contributed by atoms with Crippen molar-refractivity contribution >= 4 is 11.7 Å². The summed E-state index contributed by atoms with van der Waals surface area (Å²) in [6.07, 6.45) is 4.47. The highest BCUT2D eigenvalue weighted by molar-refractivity contribution is 5.70. The van der Waals surface area contributed by atoms with Gasteiger partial charge in [0.25, 0.3) is 0 Å². The molecular formula is C17H20N2O2. The van der Waals surface area contributed by atoms with Crippen molar-refractivity contribution in [2.24, 2.45) is 5.92 Å². The van der Waals surface area contributed by atoms with E-state index in [1.165, 1.54) is 11.1 Å². The van der Waals surface area contributed by atoms with E-state index in [1.807, 2.05) is 36.2 Å². The fourth-order valence-corrected chi connectivity index (χ4v) is 2.20. The van der Waals surface area contributed by atoms with Crippen LogP contribution in [0.25, 0.3) is 0 Å². The molecule has 0 saturated carbocycles. The van der Waals surface area contributed by atoms with Gasteiger partial charge in [0.1, 0.15) is 0 Å². The fraction of sp³-hybridized carbons (Fsp3) is 0.294. The molecule has 21 heavy (non-hydrogen) atoms. The number of carbonyl (C=O) groups is 1. The van der Waals surface area contributed by atoms with Crippen molar-refractivity contribution in [3.8, 4) is 0 Å². The Balaban J connectivity index is 2.00. The molecule has 110 valence electrons. The smallest absolute Gasteiger partial charge is 0.308 e. The summed E-state index contributed by atoms with van der Waals surface area (Å²) >= 11 is 0. The summed E-state index contributed by atoms with van der Waals surface area (Å²) in [6.45, 7) is 2.22. The first kappa shape index (κ1) is 15.0. The van der Waals surface area contributed by atoms with Crippen LogP contribution < -0.4 is 4.90 Å². The highest BCUT2D eigenvalue weighted by Gasteiger charge is 2.13. The molecule has 4 heteroatoms. The predicted molar refractivity (Wildman–Crippen MR) is 83.6 cm³/mol. The molecule has 1 aromatic heterocycles. The number of nitrogens with zero attached hydrogens (tertiary/aromatic N) is 2. The zero-order valence-corrected chi connectivity index (χ0v) is 12.4. The Hall–Kier alpha value is -2.36. The van der Waals surface area contributed by atoms with Crippen molar-refractivity contribution in [1.29, 1.82) is 0 Å². The number of anilines is 1. The topological polar surface area (TPSA) is 53.4 Å². The first-order chi connectivity index (χ1) is 10.1. The van der Waals surface area contributed by atoms with Crippen LogP contribution in [0, 0.1) is 5.92 Å². The average molecular weight is 284 g/mol. The van der Waals surface area contributed by atoms with E-state index in [9.17, 15) is 4.79 Å². The molecule has 0 aliphatic heterocycles. The maximum Gasteiger partial charge on any atom is 0.308 e. The highest BCUT2D eigenvalue weighted by atomic mass is 16.4. The second kappa shape index (κ2) is 6.88. The maximum atomic E-state index is 10.9. The van der Waals surface area contributed by atoms with Crippen LogP contribution in [0.1, 0.15) is 18.1 Å². The number of hydrogen-bond donors (Lipinski definition) is 1. The van der Waals surface area contributed by atoms with Gasteiger partial charge in [-0.25, -0.2) is 0 Å². The Labute approximate surface area is 125 Å². The third kappa shape index (κ3) is 4.31. The maximum absolute atomic E-state index is 10.9. The summed E-state index contributed by atoms with van der Waals surface area (Å²) in [6, 6.07) is 12.2. The second-order valence-electron chi connectivity index (χ2n) is 5.32. The molecule has 1 heterocycles. The Morgan fingerprint density at radius 2 is 1.71 bits per heavy atom. The molecule has 0 aliphatic rings. The van der Waals surface area contributed by atoms with Gasteiger partial charge in [-0.05, 0) is 41.8 Å². The molecule has 2 rings (SSSR count). The average Bonchev–Trinajstić information content (AvgIpc) is 2.48. The number of carboxylic acid groups (broad SMARTS) is 1. The third-order valence-electron chi connectivity index (χ3n) is 3.50. The van der Waals surface area contributed by atoms with E-state index in [0.717, 1.165) is 12.1 Å². The second-order valence-corrected chi connectivity index (χ2v) is 5.32. The zero-order chi connectivity index (χ0) is 15.2. The zero-order valence-electron chi connectivity index (χ0n) is 12.4. The van der Waals surface area contributed by atoms with Crippen LogP contribution >= 0.6 is 0 Å². The lowest BCUT2D eigenvalue weighted by Crippen LogP contribution is -2.28. The third-order valence-corrected chi connectivity index (χ3v) is 3.50. The molecule has 0 amide bonds. The van der Waals surface area contributed by atoms with Gasteiger partial charge >= 0.3 is 5.97 Å². The molecule has 0 saturated heterocycles. The molecule has 1 unspecified atom stereocenters. The van der Waals surface area contributed by atoms with Gasteiger partial charge in [-0.3, -0.25) is 9.78 Å². The van der Waals surface area contributed by atoms with Gasteiger partial charge in [0.2, 0.25) is 0 Å². The minimum Gasteiger partial charge on any atom is -0.481 e. The van der Waals surface area contributed by atoms with Crippen molar-refractivity contribution in [1.82, 2.24) is 4.98 Å². The number of rotatable bonds is 6. The number of benzene rings is 1. The standard InChI is InChI=1S/C17H20N2O2/c1-13(17(20)21)12-19(2)16-5-3-14(4-6-16)11-15-7-9-18-10-8-15/h3-10,13H,11-12H2,1-2H3,(H,20,21). The molecule has 0 radical (unpaired) electrons. The van der Waals surface area contributed by atoms with Crippen molar-refractivity contribution in [3.63, 3.8) is 0 Å². The number of carboxylic acids is 1. The van der Waals surface area contributed by atoms with Gasteiger partial charge in [-0.1, -0.05) is 19.1 Å². The monoisotopic (exact) mass is 284 g/mol. The van der Waals surface area contributed by atoms with Crippen LogP contribution in [0.2, 0.25) is 0 Å². The van der Waals surface area contributed by atoms with Gasteiger partial charge in [0.05, 0.1) is 5.92 Å². The van der Waals surface area contributed by atoms with Gasteiger partial charge in [0, 0.05) is 31.7 Å². The van der Waals surface area contributed by atoms with E-state index in [2.05, 4.69) is 17.1 Å². The summed E-state index contributed by atoms with van der Waals surface area (Å²) in [5, 5.41) is 8.95. The SMILES string of the molecule is CC(CN(C)c1ccc(Cc2ccncc2)cc1)C(=O)O. The van der Waals surface area contributed by atoms with E-state index in [0.29, 0.717) is 6.54 Å². The molecule has 0 aliphatic carbocycles. The van der Waals surface area contributed by atoms with E-state index >= 15 is 0 Å². The first-order valence-electron chi connectivity index (χ1n) is 6.98. The highest BCUT2D eigenvalue weighted by Crippen LogP contribution is 2.17. The van der Waals surface area contributed by atoms with Gasteiger partial charge < -0.3 is 10.0 Å². The molecule has 0 spiro atoms. The Morgan fingerprint density at radius 1 is 1.14 bits per heavy atom. The van der Waals surface area contributed by atoms with Crippen molar-refractivity contribution in [3.05, 3.63) is 59.9 Å². The van der Waals surface area contributed by atoms with E-state index in [-0.39, 0.29) is 5.92 Å². The summed E-state index contributed by atoms with van der Waals surface area (Å²) in [5.41, 5.74) is 3.48. The van der Waals surface area contributed by atoms with Crippen molar-refractivity contribution < 1.29 is 9.90 Å². The van der Waals surface area contributed by atoms with Gasteiger partial charge in [-0.15, -0.1) is 0 Å². The largest absolute Gasteiger partial charge is 0.481 e.